The van der Waals surface area contributed by atoms with Crippen LogP contribution in [0.1, 0.15) is 32.6 Å². The van der Waals surface area contributed by atoms with Gasteiger partial charge in [0.15, 0.2) is 0 Å². The first kappa shape index (κ1) is 28.8. The Morgan fingerprint density at radius 3 is 2.35 bits per heavy atom. The van der Waals surface area contributed by atoms with Crippen molar-refractivity contribution in [2.75, 3.05) is 10.6 Å². The maximum absolute atomic E-state index is 14.0. The number of halogens is 1. The number of hydrogen-bond donors (Lipinski definition) is 3. The summed E-state index contributed by atoms with van der Waals surface area (Å²) in [5, 5.41) is 15.8. The number of fused-ring (bicyclic) bond motifs is 2. The van der Waals surface area contributed by atoms with Gasteiger partial charge in [0.2, 0.25) is 5.91 Å². The normalized spacial score (nSPS) is 14.0. The van der Waals surface area contributed by atoms with Crippen LogP contribution in [0.25, 0.3) is 10.9 Å². The molecule has 1 unspecified atom stereocenters. The summed E-state index contributed by atoms with van der Waals surface area (Å²) in [5.74, 6) is -0.527. The molecule has 0 fully saturated rings. The Morgan fingerprint density at radius 2 is 1.58 bits per heavy atom. The third-order valence-corrected chi connectivity index (χ3v) is 8.56. The van der Waals surface area contributed by atoms with Crippen LogP contribution in [0.3, 0.4) is 0 Å². The molecule has 8 heteroatoms. The summed E-state index contributed by atoms with van der Waals surface area (Å²) in [5.41, 5.74) is 5.61. The van der Waals surface area contributed by atoms with E-state index in [-0.39, 0.29) is 36.0 Å². The molecule has 1 aromatic heterocycles. The SMILES string of the molecule is O=C(Cc1ccc(CO)cc1)Nc1cccc2c1cc(C(=O)Nc1ccccc1)c(=O)n2CC1Cc2ccc(I)cc2C1. The molecule has 5 aromatic rings. The van der Waals surface area contributed by atoms with E-state index in [1.165, 1.54) is 14.7 Å². The molecule has 216 valence electrons. The van der Waals surface area contributed by atoms with Crippen molar-refractivity contribution < 1.29 is 14.7 Å². The summed E-state index contributed by atoms with van der Waals surface area (Å²) >= 11 is 2.32. The number of hydrogen-bond acceptors (Lipinski definition) is 4. The number of nitrogens with zero attached hydrogens (tertiary/aromatic N) is 1. The van der Waals surface area contributed by atoms with Crippen molar-refractivity contribution in [3.8, 4) is 0 Å². The lowest BCUT2D eigenvalue weighted by atomic mass is 10.0. The number of amides is 2. The predicted octanol–water partition coefficient (Wildman–Crippen LogP) is 5.95. The molecule has 7 nitrogen and oxygen atoms in total. The number of nitrogens with one attached hydrogen (secondary N) is 2. The Morgan fingerprint density at radius 1 is 0.837 bits per heavy atom. The summed E-state index contributed by atoms with van der Waals surface area (Å²) in [6, 6.07) is 29.8. The van der Waals surface area contributed by atoms with Crippen LogP contribution in [0.2, 0.25) is 0 Å². The van der Waals surface area contributed by atoms with Gasteiger partial charge in [0.1, 0.15) is 5.56 Å². The van der Waals surface area contributed by atoms with E-state index in [1.807, 2.05) is 42.5 Å². The Bertz CT molecular complexity index is 1880. The summed E-state index contributed by atoms with van der Waals surface area (Å²) in [6.45, 7) is 0.387. The van der Waals surface area contributed by atoms with Crippen molar-refractivity contribution >= 4 is 56.7 Å². The van der Waals surface area contributed by atoms with Crippen LogP contribution < -0.4 is 16.2 Å². The van der Waals surface area contributed by atoms with Gasteiger partial charge in [-0.15, -0.1) is 0 Å². The van der Waals surface area contributed by atoms with Crippen molar-refractivity contribution in [1.82, 2.24) is 4.57 Å². The molecule has 2 amide bonds. The van der Waals surface area contributed by atoms with Gasteiger partial charge in [0.05, 0.1) is 24.2 Å². The lowest BCUT2D eigenvalue weighted by Gasteiger charge is -2.18. The fourth-order valence-electron chi connectivity index (χ4n) is 5.78. The molecule has 1 aliphatic carbocycles. The van der Waals surface area contributed by atoms with E-state index in [1.54, 1.807) is 41.0 Å². The van der Waals surface area contributed by atoms with E-state index in [2.05, 4.69) is 51.4 Å². The van der Waals surface area contributed by atoms with Gasteiger partial charge in [0, 0.05) is 21.2 Å². The average Bonchev–Trinajstić information content (AvgIpc) is 3.41. The monoisotopic (exact) mass is 683 g/mol. The zero-order valence-electron chi connectivity index (χ0n) is 23.3. The highest BCUT2D eigenvalue weighted by Gasteiger charge is 2.25. The molecule has 0 aliphatic heterocycles. The topological polar surface area (TPSA) is 100 Å². The third-order valence-electron chi connectivity index (χ3n) is 7.89. The standard InChI is InChI=1S/C35H30IN3O4/c36-27-14-13-25-15-24(16-26(25)18-27)20-39-32-8-4-7-31(38-33(41)17-22-9-11-23(21-40)12-10-22)29(32)19-30(35(39)43)34(42)37-28-5-2-1-3-6-28/h1-14,18-19,24,40H,15-17,20-21H2,(H,37,42)(H,38,41). The maximum atomic E-state index is 14.0. The van der Waals surface area contributed by atoms with Gasteiger partial charge in [-0.25, -0.2) is 0 Å². The largest absolute Gasteiger partial charge is 0.392 e. The lowest BCUT2D eigenvalue weighted by molar-refractivity contribution is -0.115. The Labute approximate surface area is 262 Å². The van der Waals surface area contributed by atoms with Crippen LogP contribution >= 0.6 is 22.6 Å². The van der Waals surface area contributed by atoms with Crippen LogP contribution in [0.15, 0.2) is 102 Å². The van der Waals surface area contributed by atoms with E-state index in [0.717, 1.165) is 24.0 Å². The van der Waals surface area contributed by atoms with Crippen molar-refractivity contribution in [2.24, 2.45) is 5.92 Å². The number of carbonyl (C=O) groups excluding carboxylic acids is 2. The van der Waals surface area contributed by atoms with E-state index < -0.39 is 5.91 Å². The Balaban J connectivity index is 1.36. The molecular weight excluding hydrogens is 653 g/mol. The second kappa shape index (κ2) is 12.5. The quantitative estimate of drug-likeness (QED) is 0.176. The molecule has 1 heterocycles. The van der Waals surface area contributed by atoms with Crippen LogP contribution in [0, 0.1) is 9.49 Å². The smallest absolute Gasteiger partial charge is 0.263 e. The number of benzene rings is 4. The number of pyridine rings is 1. The molecule has 0 saturated carbocycles. The van der Waals surface area contributed by atoms with Crippen LogP contribution in [0.5, 0.6) is 0 Å². The van der Waals surface area contributed by atoms with Gasteiger partial charge in [0.25, 0.3) is 11.5 Å². The maximum Gasteiger partial charge on any atom is 0.263 e. The van der Waals surface area contributed by atoms with Crippen molar-refractivity contribution in [3.05, 3.63) is 139 Å². The zero-order valence-corrected chi connectivity index (χ0v) is 25.5. The number of aromatic nitrogens is 1. The number of aliphatic hydroxyl groups is 1. The van der Waals surface area contributed by atoms with Crippen molar-refractivity contribution in [3.63, 3.8) is 0 Å². The molecule has 0 spiro atoms. The molecule has 0 bridgehead atoms. The molecule has 1 aliphatic rings. The summed E-state index contributed by atoms with van der Waals surface area (Å²) in [6.07, 6.45) is 1.85. The molecule has 43 heavy (non-hydrogen) atoms. The van der Waals surface area contributed by atoms with Gasteiger partial charge >= 0.3 is 0 Å². The molecule has 1 atom stereocenters. The highest BCUT2D eigenvalue weighted by molar-refractivity contribution is 14.1. The summed E-state index contributed by atoms with van der Waals surface area (Å²) in [4.78, 5) is 40.5. The molecule has 0 saturated heterocycles. The minimum atomic E-state index is -0.499. The summed E-state index contributed by atoms with van der Waals surface area (Å²) in [7, 11) is 0. The lowest BCUT2D eigenvalue weighted by Crippen LogP contribution is -2.31. The fraction of sp³-hybridized carbons (Fsp3) is 0.171. The molecule has 4 aromatic carbocycles. The summed E-state index contributed by atoms with van der Waals surface area (Å²) < 4.78 is 2.88. The number of anilines is 2. The number of carbonyl (C=O) groups is 2. The third kappa shape index (κ3) is 6.40. The van der Waals surface area contributed by atoms with E-state index in [4.69, 9.17) is 0 Å². The second-order valence-electron chi connectivity index (χ2n) is 10.9. The minimum absolute atomic E-state index is 0.0164. The average molecular weight is 684 g/mol. The molecule has 3 N–H and O–H groups in total. The van der Waals surface area contributed by atoms with Gasteiger partial charge in [-0.05, 0) is 106 Å². The van der Waals surface area contributed by atoms with Gasteiger partial charge < -0.3 is 20.3 Å². The second-order valence-corrected chi connectivity index (χ2v) is 12.2. The molecule has 0 radical (unpaired) electrons. The van der Waals surface area contributed by atoms with E-state index in [9.17, 15) is 19.5 Å². The van der Waals surface area contributed by atoms with Gasteiger partial charge in [-0.2, -0.15) is 0 Å². The zero-order chi connectivity index (χ0) is 29.9. The minimum Gasteiger partial charge on any atom is -0.392 e. The Hall–Kier alpha value is -4.28. The predicted molar refractivity (Wildman–Crippen MR) is 177 cm³/mol. The number of rotatable bonds is 8. The first-order chi connectivity index (χ1) is 20.9. The first-order valence-corrected chi connectivity index (χ1v) is 15.2. The van der Waals surface area contributed by atoms with Crippen molar-refractivity contribution in [1.29, 1.82) is 0 Å². The van der Waals surface area contributed by atoms with E-state index >= 15 is 0 Å². The molecule has 6 rings (SSSR count). The number of aliphatic hydroxyl groups excluding tert-OH is 1. The highest BCUT2D eigenvalue weighted by Crippen LogP contribution is 2.31. The van der Waals surface area contributed by atoms with Gasteiger partial charge in [-0.3, -0.25) is 14.4 Å². The van der Waals surface area contributed by atoms with Crippen LogP contribution in [-0.4, -0.2) is 21.5 Å². The number of para-hydroxylation sites is 1. The first-order valence-electron chi connectivity index (χ1n) is 14.2. The van der Waals surface area contributed by atoms with E-state index in [0.29, 0.717) is 28.8 Å². The van der Waals surface area contributed by atoms with Crippen LogP contribution in [-0.2, 0) is 37.2 Å². The fourth-order valence-corrected chi connectivity index (χ4v) is 6.34. The highest BCUT2D eigenvalue weighted by atomic mass is 127. The molecular formula is C35H30IN3O4. The van der Waals surface area contributed by atoms with Crippen LogP contribution in [0.4, 0.5) is 11.4 Å². The Kier molecular flexibility index (Phi) is 8.40. The van der Waals surface area contributed by atoms with Gasteiger partial charge in [-0.1, -0.05) is 54.6 Å². The van der Waals surface area contributed by atoms with Crippen molar-refractivity contribution in [2.45, 2.75) is 32.4 Å².